The molecule has 128 valence electrons. The molecule has 1 aromatic heterocycles. The maximum atomic E-state index is 12.4. The van der Waals surface area contributed by atoms with Crippen LogP contribution in [0, 0.1) is 0 Å². The fraction of sp³-hybridized carbons (Fsp3) is 0.400. The van der Waals surface area contributed by atoms with E-state index in [1.54, 1.807) is 21.5 Å². The van der Waals surface area contributed by atoms with Crippen LogP contribution in [-0.4, -0.2) is 46.2 Å². The standard InChI is InChI=1S/C15H20N6O3/c1-24-12-8-10(9(16)7-11(12)18-3-6-22)19-13-14(17)20-4-2-5-21(20)15(13)23/h7-8,22H,2-6,16-17H2,1H3/b18-11+,19-10-. The Morgan fingerprint density at radius 1 is 1.25 bits per heavy atom. The zero-order valence-corrected chi connectivity index (χ0v) is 13.4. The summed E-state index contributed by atoms with van der Waals surface area (Å²) in [5.74, 6) is 0.798. The molecule has 5 N–H and O–H groups in total. The van der Waals surface area contributed by atoms with E-state index >= 15 is 0 Å². The van der Waals surface area contributed by atoms with Gasteiger partial charge in [-0.2, -0.15) is 0 Å². The van der Waals surface area contributed by atoms with Crippen molar-refractivity contribution in [3.63, 3.8) is 0 Å². The Labute approximate surface area is 138 Å². The van der Waals surface area contributed by atoms with Gasteiger partial charge >= 0.3 is 0 Å². The number of allylic oxidation sites excluding steroid dienone is 2. The molecule has 9 heteroatoms. The number of nitrogens with zero attached hydrogens (tertiary/aromatic N) is 4. The van der Waals surface area contributed by atoms with Crippen molar-refractivity contribution in [2.24, 2.45) is 15.7 Å². The molecular weight excluding hydrogens is 312 g/mol. The average molecular weight is 332 g/mol. The van der Waals surface area contributed by atoms with Crippen LogP contribution >= 0.6 is 0 Å². The molecule has 1 aliphatic carbocycles. The Morgan fingerprint density at radius 3 is 2.67 bits per heavy atom. The fourth-order valence-electron chi connectivity index (χ4n) is 2.78. The molecule has 3 rings (SSSR count). The maximum Gasteiger partial charge on any atom is 0.294 e. The number of rotatable bonds is 4. The van der Waals surface area contributed by atoms with Crippen molar-refractivity contribution in [3.8, 4) is 0 Å². The number of aliphatic imine (C=N–C) groups is 2. The Hall–Kier alpha value is -2.81. The van der Waals surface area contributed by atoms with E-state index in [4.69, 9.17) is 21.3 Å². The van der Waals surface area contributed by atoms with Crippen molar-refractivity contribution in [1.82, 2.24) is 9.36 Å². The number of hydrogen-bond donors (Lipinski definition) is 3. The molecule has 2 aliphatic rings. The molecule has 2 heterocycles. The van der Waals surface area contributed by atoms with Crippen LogP contribution in [0.1, 0.15) is 6.42 Å². The zero-order valence-electron chi connectivity index (χ0n) is 13.4. The van der Waals surface area contributed by atoms with Crippen molar-refractivity contribution >= 4 is 22.9 Å². The summed E-state index contributed by atoms with van der Waals surface area (Å²) < 4.78 is 8.61. The molecule has 1 aliphatic heterocycles. The highest BCUT2D eigenvalue weighted by Gasteiger charge is 2.23. The number of methoxy groups -OCH3 is 1. The number of aromatic nitrogens is 2. The first kappa shape index (κ1) is 16.1. The third-order valence-electron chi connectivity index (χ3n) is 3.93. The van der Waals surface area contributed by atoms with Gasteiger partial charge in [0.15, 0.2) is 11.5 Å². The van der Waals surface area contributed by atoms with E-state index in [1.165, 1.54) is 7.11 Å². The summed E-state index contributed by atoms with van der Waals surface area (Å²) in [6.45, 7) is 1.51. The van der Waals surface area contributed by atoms with Gasteiger partial charge in [0.25, 0.3) is 5.56 Å². The van der Waals surface area contributed by atoms with E-state index < -0.39 is 0 Å². The van der Waals surface area contributed by atoms with E-state index in [0.29, 0.717) is 41.8 Å². The number of fused-ring (bicyclic) bond motifs is 1. The molecule has 0 spiro atoms. The number of anilines is 1. The summed E-state index contributed by atoms with van der Waals surface area (Å²) in [6.07, 6.45) is 4.10. The number of aliphatic hydroxyl groups is 1. The van der Waals surface area contributed by atoms with Crippen molar-refractivity contribution < 1.29 is 9.84 Å². The van der Waals surface area contributed by atoms with Crippen LogP contribution in [0.2, 0.25) is 0 Å². The highest BCUT2D eigenvalue weighted by atomic mass is 16.5. The SMILES string of the molecule is COC1=CC(=N/c2c(N)n3n(c2=O)CCC3)/C(N)=CC/1=N\CCO. The van der Waals surface area contributed by atoms with Gasteiger partial charge in [-0.25, -0.2) is 9.67 Å². The largest absolute Gasteiger partial charge is 0.494 e. The molecule has 0 bridgehead atoms. The van der Waals surface area contributed by atoms with Crippen molar-refractivity contribution in [2.75, 3.05) is 26.0 Å². The number of nitrogen functional groups attached to an aromatic ring is 1. The second kappa shape index (κ2) is 6.36. The molecule has 0 aromatic carbocycles. The van der Waals surface area contributed by atoms with Gasteiger partial charge in [-0.3, -0.25) is 14.5 Å². The molecular formula is C15H20N6O3. The number of hydrogen-bond acceptors (Lipinski definition) is 7. The van der Waals surface area contributed by atoms with Crippen LogP contribution in [-0.2, 0) is 17.8 Å². The lowest BCUT2D eigenvalue weighted by Crippen LogP contribution is -2.21. The topological polar surface area (TPSA) is 133 Å². The van der Waals surface area contributed by atoms with E-state index in [2.05, 4.69) is 9.98 Å². The molecule has 0 radical (unpaired) electrons. The number of nitrogens with two attached hydrogens (primary N) is 2. The monoisotopic (exact) mass is 332 g/mol. The minimum atomic E-state index is -0.225. The highest BCUT2D eigenvalue weighted by Crippen LogP contribution is 2.24. The lowest BCUT2D eigenvalue weighted by molar-refractivity contribution is 0.304. The first-order valence-corrected chi connectivity index (χ1v) is 7.63. The predicted molar refractivity (Wildman–Crippen MR) is 91.6 cm³/mol. The van der Waals surface area contributed by atoms with Crippen molar-refractivity contribution in [3.05, 3.63) is 34.0 Å². The smallest absolute Gasteiger partial charge is 0.294 e. The fourth-order valence-corrected chi connectivity index (χ4v) is 2.78. The van der Waals surface area contributed by atoms with Gasteiger partial charge in [0.2, 0.25) is 0 Å². The minimum Gasteiger partial charge on any atom is -0.494 e. The van der Waals surface area contributed by atoms with Crippen molar-refractivity contribution in [1.29, 1.82) is 0 Å². The van der Waals surface area contributed by atoms with Gasteiger partial charge in [-0.1, -0.05) is 0 Å². The third-order valence-corrected chi connectivity index (χ3v) is 3.93. The van der Waals surface area contributed by atoms with Crippen LogP contribution in [0.15, 0.2) is 38.4 Å². The normalized spacial score (nSPS) is 20.2. The summed E-state index contributed by atoms with van der Waals surface area (Å²) in [4.78, 5) is 21.0. The average Bonchev–Trinajstić information content (AvgIpc) is 3.14. The molecule has 0 fully saturated rings. The number of ether oxygens (including phenoxy) is 1. The summed E-state index contributed by atoms with van der Waals surface area (Å²) >= 11 is 0. The van der Waals surface area contributed by atoms with Gasteiger partial charge in [0, 0.05) is 19.2 Å². The maximum absolute atomic E-state index is 12.4. The second-order valence-corrected chi connectivity index (χ2v) is 5.44. The molecule has 0 saturated heterocycles. The molecule has 0 saturated carbocycles. The minimum absolute atomic E-state index is 0.0707. The van der Waals surface area contributed by atoms with E-state index in [1.807, 2.05) is 0 Å². The van der Waals surface area contributed by atoms with E-state index in [0.717, 1.165) is 6.42 Å². The molecule has 0 unspecified atom stereocenters. The molecule has 0 atom stereocenters. The quantitative estimate of drug-likeness (QED) is 0.641. The van der Waals surface area contributed by atoms with E-state index in [9.17, 15) is 4.79 Å². The molecule has 9 nitrogen and oxygen atoms in total. The molecule has 0 amide bonds. The van der Waals surface area contributed by atoms with Gasteiger partial charge in [-0.15, -0.1) is 0 Å². The lowest BCUT2D eigenvalue weighted by Gasteiger charge is -2.14. The summed E-state index contributed by atoms with van der Waals surface area (Å²) in [6, 6.07) is 0. The molecule has 24 heavy (non-hydrogen) atoms. The third kappa shape index (κ3) is 2.62. The zero-order chi connectivity index (χ0) is 17.3. The van der Waals surface area contributed by atoms with Crippen LogP contribution in [0.5, 0.6) is 0 Å². The first-order chi connectivity index (χ1) is 11.6. The Balaban J connectivity index is 2.03. The summed E-state index contributed by atoms with van der Waals surface area (Å²) in [5.41, 5.74) is 13.3. The van der Waals surface area contributed by atoms with Crippen LogP contribution in [0.4, 0.5) is 11.5 Å². The second-order valence-electron chi connectivity index (χ2n) is 5.44. The van der Waals surface area contributed by atoms with Gasteiger partial charge < -0.3 is 21.3 Å². The Bertz CT molecular complexity index is 840. The highest BCUT2D eigenvalue weighted by molar-refractivity contribution is 6.23. The van der Waals surface area contributed by atoms with E-state index in [-0.39, 0.29) is 24.4 Å². The van der Waals surface area contributed by atoms with Gasteiger partial charge in [0.1, 0.15) is 11.5 Å². The van der Waals surface area contributed by atoms with Gasteiger partial charge in [0.05, 0.1) is 31.7 Å². The first-order valence-electron chi connectivity index (χ1n) is 7.63. The van der Waals surface area contributed by atoms with Crippen LogP contribution < -0.4 is 17.0 Å². The van der Waals surface area contributed by atoms with Crippen LogP contribution in [0.3, 0.4) is 0 Å². The van der Waals surface area contributed by atoms with Crippen LogP contribution in [0.25, 0.3) is 0 Å². The Morgan fingerprint density at radius 2 is 2.00 bits per heavy atom. The number of aliphatic hydroxyl groups excluding tert-OH is 1. The predicted octanol–water partition coefficient (Wildman–Crippen LogP) is -0.472. The van der Waals surface area contributed by atoms with Crippen molar-refractivity contribution in [2.45, 2.75) is 19.5 Å². The van der Waals surface area contributed by atoms with Gasteiger partial charge in [-0.05, 0) is 12.5 Å². The molecule has 1 aromatic rings. The lowest BCUT2D eigenvalue weighted by atomic mass is 10.1. The summed E-state index contributed by atoms with van der Waals surface area (Å²) in [5, 5.41) is 8.89. The summed E-state index contributed by atoms with van der Waals surface area (Å²) in [7, 11) is 1.50. The Kier molecular flexibility index (Phi) is 4.26.